The average Bonchev–Trinajstić information content (AvgIpc) is 3.85. The first-order chi connectivity index (χ1) is 17.3. The molecule has 0 bridgehead atoms. The summed E-state index contributed by atoms with van der Waals surface area (Å²) in [4.78, 5) is 0. The summed E-state index contributed by atoms with van der Waals surface area (Å²) in [5.74, 6) is 3.06. The van der Waals surface area contributed by atoms with Crippen molar-refractivity contribution < 1.29 is 4.74 Å². The molecule has 2 saturated carbocycles. The molecule has 0 spiro atoms. The second-order valence-electron chi connectivity index (χ2n) is 9.87. The van der Waals surface area contributed by atoms with Crippen molar-refractivity contribution in [3.8, 4) is 11.5 Å². The molecule has 0 amide bonds. The number of hydrogen-bond donors (Lipinski definition) is 2. The molecule has 4 unspecified atom stereocenters. The van der Waals surface area contributed by atoms with E-state index in [1.165, 1.54) is 35.1 Å². The van der Waals surface area contributed by atoms with Gasteiger partial charge in [0, 0.05) is 37.0 Å². The molecule has 4 aromatic carbocycles. The molecule has 0 heterocycles. The van der Waals surface area contributed by atoms with Crippen LogP contribution in [-0.4, -0.2) is 12.1 Å². The summed E-state index contributed by atoms with van der Waals surface area (Å²) in [7, 11) is 0. The third kappa shape index (κ3) is 6.17. The first-order valence-corrected chi connectivity index (χ1v) is 12.7. The molecule has 0 aliphatic heterocycles. The van der Waals surface area contributed by atoms with E-state index < -0.39 is 0 Å². The van der Waals surface area contributed by atoms with E-state index >= 15 is 0 Å². The van der Waals surface area contributed by atoms with Crippen LogP contribution in [0.5, 0.6) is 11.5 Å². The van der Waals surface area contributed by atoms with Crippen LogP contribution in [0.1, 0.15) is 46.9 Å². The zero-order valence-electron chi connectivity index (χ0n) is 20.3. The molecule has 0 saturated heterocycles. The van der Waals surface area contributed by atoms with Crippen molar-refractivity contribution in [2.24, 2.45) is 0 Å². The van der Waals surface area contributed by atoms with Gasteiger partial charge in [-0.05, 0) is 59.4 Å². The predicted octanol–water partition coefficient (Wildman–Crippen LogP) is 7.19. The Morgan fingerprint density at radius 1 is 0.528 bits per heavy atom. The lowest BCUT2D eigenvalue weighted by Crippen LogP contribution is -2.17. The summed E-state index contributed by atoms with van der Waals surface area (Å²) in [6.07, 6.45) is 2.45. The first-order valence-electron chi connectivity index (χ1n) is 12.7. The molecule has 4 aromatic rings. The van der Waals surface area contributed by atoms with Gasteiger partial charge >= 0.3 is 0 Å². The molecule has 2 fully saturated rings. The summed E-state index contributed by atoms with van der Waals surface area (Å²) >= 11 is 0. The number of rotatable bonds is 10. The summed E-state index contributed by atoms with van der Waals surface area (Å²) < 4.78 is 6.07. The second kappa shape index (κ2) is 11.3. The highest BCUT2D eigenvalue weighted by molar-refractivity contribution is 5.85. The van der Waals surface area contributed by atoms with Gasteiger partial charge in [-0.15, -0.1) is 12.4 Å². The van der Waals surface area contributed by atoms with E-state index in [1.807, 2.05) is 0 Å². The Balaban J connectivity index is 0.00000267. The second-order valence-corrected chi connectivity index (χ2v) is 9.87. The van der Waals surface area contributed by atoms with Gasteiger partial charge in [0.15, 0.2) is 0 Å². The van der Waals surface area contributed by atoms with Gasteiger partial charge in [-0.1, -0.05) is 84.9 Å². The van der Waals surface area contributed by atoms with Gasteiger partial charge in [0.1, 0.15) is 11.5 Å². The molecule has 4 heteroatoms. The maximum Gasteiger partial charge on any atom is 0.127 e. The van der Waals surface area contributed by atoms with Crippen LogP contribution in [0.2, 0.25) is 0 Å². The van der Waals surface area contributed by atoms with Crippen LogP contribution in [0.15, 0.2) is 109 Å². The Hall–Kier alpha value is -3.11. The topological polar surface area (TPSA) is 33.3 Å². The number of halogens is 1. The van der Waals surface area contributed by atoms with Gasteiger partial charge in [0.05, 0.1) is 0 Å². The van der Waals surface area contributed by atoms with E-state index in [2.05, 4.69) is 120 Å². The molecule has 3 nitrogen and oxygen atoms in total. The minimum atomic E-state index is 0. The fourth-order valence-electron chi connectivity index (χ4n) is 4.96. The zero-order chi connectivity index (χ0) is 23.5. The van der Waals surface area contributed by atoms with Crippen molar-refractivity contribution in [3.05, 3.63) is 131 Å². The third-order valence-electron chi connectivity index (χ3n) is 7.26. The average molecular weight is 497 g/mol. The zero-order valence-corrected chi connectivity index (χ0v) is 21.2. The van der Waals surface area contributed by atoms with Gasteiger partial charge in [0.2, 0.25) is 0 Å². The predicted molar refractivity (Wildman–Crippen MR) is 149 cm³/mol. The van der Waals surface area contributed by atoms with Crippen molar-refractivity contribution in [2.45, 2.75) is 49.9 Å². The monoisotopic (exact) mass is 496 g/mol. The van der Waals surface area contributed by atoms with E-state index in [9.17, 15) is 0 Å². The smallest absolute Gasteiger partial charge is 0.127 e. The van der Waals surface area contributed by atoms with E-state index in [-0.39, 0.29) is 12.4 Å². The van der Waals surface area contributed by atoms with Crippen LogP contribution in [0.3, 0.4) is 0 Å². The standard InChI is InChI=1S/C32H32N2O.ClH/c1-3-7-25(8-4-1)29-19-31(29)33-21-23-11-15-27(16-12-23)35-28-17-13-24(14-18-28)22-34-32-20-30(32)26-9-5-2-6-10-26;/h1-18,29-34H,19-22H2;1H. The Kier molecular flexibility index (Phi) is 7.72. The maximum atomic E-state index is 6.07. The lowest BCUT2D eigenvalue weighted by Gasteiger charge is -2.09. The van der Waals surface area contributed by atoms with E-state index in [4.69, 9.17) is 4.74 Å². The molecular formula is C32H33ClN2O. The van der Waals surface area contributed by atoms with Crippen molar-refractivity contribution in [1.82, 2.24) is 10.6 Å². The molecule has 4 atom stereocenters. The van der Waals surface area contributed by atoms with Gasteiger partial charge in [-0.2, -0.15) is 0 Å². The van der Waals surface area contributed by atoms with Gasteiger partial charge < -0.3 is 15.4 Å². The Morgan fingerprint density at radius 3 is 1.31 bits per heavy atom. The summed E-state index contributed by atoms with van der Waals surface area (Å²) in [6.45, 7) is 1.78. The maximum absolute atomic E-state index is 6.07. The van der Waals surface area contributed by atoms with Gasteiger partial charge in [-0.25, -0.2) is 0 Å². The Labute approximate surface area is 220 Å². The number of hydrogen-bond acceptors (Lipinski definition) is 3. The molecule has 6 rings (SSSR count). The van der Waals surface area contributed by atoms with Crippen LogP contribution in [0, 0.1) is 0 Å². The van der Waals surface area contributed by atoms with E-state index in [0.29, 0.717) is 23.9 Å². The molecule has 2 aliphatic rings. The quantitative estimate of drug-likeness (QED) is 0.244. The Bertz CT molecular complexity index is 1130. The molecule has 184 valence electrons. The van der Waals surface area contributed by atoms with E-state index in [0.717, 1.165) is 24.6 Å². The Morgan fingerprint density at radius 2 is 0.917 bits per heavy atom. The molecule has 2 aliphatic carbocycles. The molecule has 0 radical (unpaired) electrons. The molecule has 2 N–H and O–H groups in total. The van der Waals surface area contributed by atoms with Crippen molar-refractivity contribution in [1.29, 1.82) is 0 Å². The highest BCUT2D eigenvalue weighted by Crippen LogP contribution is 2.41. The van der Waals surface area contributed by atoms with Crippen molar-refractivity contribution in [2.75, 3.05) is 0 Å². The van der Waals surface area contributed by atoms with Gasteiger partial charge in [0.25, 0.3) is 0 Å². The normalized spacial score (nSPS) is 21.9. The fraction of sp³-hybridized carbons (Fsp3) is 0.250. The summed E-state index contributed by atoms with van der Waals surface area (Å²) in [5.41, 5.74) is 5.46. The molecule has 0 aromatic heterocycles. The van der Waals surface area contributed by atoms with Gasteiger partial charge in [-0.3, -0.25) is 0 Å². The summed E-state index contributed by atoms with van der Waals surface area (Å²) in [5, 5.41) is 7.37. The number of nitrogens with one attached hydrogen (secondary N) is 2. The lowest BCUT2D eigenvalue weighted by atomic mass is 10.1. The largest absolute Gasteiger partial charge is 0.457 e. The lowest BCUT2D eigenvalue weighted by molar-refractivity contribution is 0.482. The van der Waals surface area contributed by atoms with Crippen molar-refractivity contribution >= 4 is 12.4 Å². The SMILES string of the molecule is Cl.c1ccc(C2CC2NCc2ccc(Oc3ccc(CNC4CC4c4ccccc4)cc3)cc2)cc1. The van der Waals surface area contributed by atoms with Crippen LogP contribution in [0.25, 0.3) is 0 Å². The highest BCUT2D eigenvalue weighted by Gasteiger charge is 2.38. The molecule has 36 heavy (non-hydrogen) atoms. The van der Waals surface area contributed by atoms with Crippen LogP contribution < -0.4 is 15.4 Å². The van der Waals surface area contributed by atoms with Crippen LogP contribution >= 0.6 is 12.4 Å². The van der Waals surface area contributed by atoms with Crippen LogP contribution in [-0.2, 0) is 13.1 Å². The first kappa shape index (κ1) is 24.6. The molecular weight excluding hydrogens is 464 g/mol. The highest BCUT2D eigenvalue weighted by atomic mass is 35.5. The van der Waals surface area contributed by atoms with Crippen LogP contribution in [0.4, 0.5) is 0 Å². The number of ether oxygens (including phenoxy) is 1. The summed E-state index contributed by atoms with van der Waals surface area (Å²) in [6, 6.07) is 39.6. The third-order valence-corrected chi connectivity index (χ3v) is 7.26. The fourth-order valence-corrected chi connectivity index (χ4v) is 4.96. The minimum Gasteiger partial charge on any atom is -0.457 e. The minimum absolute atomic E-state index is 0. The number of benzene rings is 4. The van der Waals surface area contributed by atoms with E-state index in [1.54, 1.807) is 0 Å². The van der Waals surface area contributed by atoms with Crippen molar-refractivity contribution in [3.63, 3.8) is 0 Å².